The minimum absolute atomic E-state index is 0.731. The number of hydrogen-bond donors (Lipinski definition) is 0. The van der Waals surface area contributed by atoms with Gasteiger partial charge in [-0.05, 0) is 17.5 Å². The van der Waals surface area contributed by atoms with Crippen molar-refractivity contribution < 1.29 is 4.74 Å². The summed E-state index contributed by atoms with van der Waals surface area (Å²) in [6.45, 7) is 7.66. The van der Waals surface area contributed by atoms with Crippen molar-refractivity contribution in [1.82, 2.24) is 0 Å². The Bertz CT molecular complexity index is 366. The SMILES string of the molecule is C=Cc1ccc(COCCCCCCCCCCCC)cc1. The fourth-order valence-corrected chi connectivity index (χ4v) is 2.63. The van der Waals surface area contributed by atoms with E-state index in [1.807, 2.05) is 6.08 Å². The molecule has 0 aromatic heterocycles. The van der Waals surface area contributed by atoms with E-state index >= 15 is 0 Å². The molecule has 22 heavy (non-hydrogen) atoms. The van der Waals surface area contributed by atoms with Gasteiger partial charge in [-0.15, -0.1) is 0 Å². The van der Waals surface area contributed by atoms with E-state index in [2.05, 4.69) is 37.8 Å². The summed E-state index contributed by atoms with van der Waals surface area (Å²) in [4.78, 5) is 0. The summed E-state index contributed by atoms with van der Waals surface area (Å²) in [5, 5.41) is 0. The molecule has 1 aromatic carbocycles. The summed E-state index contributed by atoms with van der Waals surface area (Å²) < 4.78 is 5.74. The largest absolute Gasteiger partial charge is 0.377 e. The van der Waals surface area contributed by atoms with E-state index in [0.29, 0.717) is 0 Å². The van der Waals surface area contributed by atoms with Gasteiger partial charge in [0.05, 0.1) is 6.61 Å². The van der Waals surface area contributed by atoms with Crippen LogP contribution >= 0.6 is 0 Å². The van der Waals surface area contributed by atoms with Crippen LogP contribution in [0.25, 0.3) is 6.08 Å². The van der Waals surface area contributed by atoms with E-state index in [1.54, 1.807) is 0 Å². The first-order valence-electron chi connectivity index (χ1n) is 9.16. The quantitative estimate of drug-likeness (QED) is 0.345. The van der Waals surface area contributed by atoms with Gasteiger partial charge in [0.25, 0.3) is 0 Å². The van der Waals surface area contributed by atoms with Gasteiger partial charge in [0, 0.05) is 6.61 Å². The Morgan fingerprint density at radius 3 is 1.91 bits per heavy atom. The van der Waals surface area contributed by atoms with E-state index in [4.69, 9.17) is 4.74 Å². The van der Waals surface area contributed by atoms with E-state index in [0.717, 1.165) is 13.2 Å². The fraction of sp³-hybridized carbons (Fsp3) is 0.619. The summed E-state index contributed by atoms with van der Waals surface area (Å²) in [6, 6.07) is 8.42. The third-order valence-electron chi connectivity index (χ3n) is 4.13. The summed E-state index contributed by atoms with van der Waals surface area (Å²) in [5.74, 6) is 0. The molecule has 1 nitrogen and oxygen atoms in total. The molecular formula is C21H34O. The van der Waals surface area contributed by atoms with Crippen LogP contribution < -0.4 is 0 Å². The average Bonchev–Trinajstić information content (AvgIpc) is 2.56. The van der Waals surface area contributed by atoms with Gasteiger partial charge >= 0.3 is 0 Å². The monoisotopic (exact) mass is 302 g/mol. The van der Waals surface area contributed by atoms with E-state index in [1.165, 1.54) is 75.3 Å². The Morgan fingerprint density at radius 2 is 1.36 bits per heavy atom. The molecule has 0 aliphatic heterocycles. The van der Waals surface area contributed by atoms with Gasteiger partial charge in [0.1, 0.15) is 0 Å². The molecule has 0 amide bonds. The molecule has 0 radical (unpaired) electrons. The number of unbranched alkanes of at least 4 members (excludes halogenated alkanes) is 9. The Labute approximate surface area is 137 Å². The number of hydrogen-bond acceptors (Lipinski definition) is 1. The Balaban J connectivity index is 1.86. The molecule has 0 unspecified atom stereocenters. The van der Waals surface area contributed by atoms with Crippen molar-refractivity contribution in [2.24, 2.45) is 0 Å². The van der Waals surface area contributed by atoms with E-state index in [-0.39, 0.29) is 0 Å². The second-order valence-electron chi connectivity index (χ2n) is 6.18. The van der Waals surface area contributed by atoms with Crippen LogP contribution in [-0.2, 0) is 11.3 Å². The maximum atomic E-state index is 5.74. The molecule has 0 N–H and O–H groups in total. The van der Waals surface area contributed by atoms with Crippen LogP contribution in [0.1, 0.15) is 82.3 Å². The molecule has 0 bridgehead atoms. The molecule has 0 heterocycles. The van der Waals surface area contributed by atoms with Crippen molar-refractivity contribution in [2.75, 3.05) is 6.61 Å². The van der Waals surface area contributed by atoms with Gasteiger partial charge in [-0.25, -0.2) is 0 Å². The maximum Gasteiger partial charge on any atom is 0.0716 e. The molecule has 0 saturated heterocycles. The lowest BCUT2D eigenvalue weighted by Crippen LogP contribution is -1.95. The molecule has 0 aliphatic carbocycles. The molecule has 0 fully saturated rings. The number of ether oxygens (including phenoxy) is 1. The van der Waals surface area contributed by atoms with Gasteiger partial charge in [0.2, 0.25) is 0 Å². The van der Waals surface area contributed by atoms with Crippen molar-refractivity contribution in [3.8, 4) is 0 Å². The number of benzene rings is 1. The standard InChI is InChI=1S/C21H34O/c1-3-5-6-7-8-9-10-11-12-13-18-22-19-21-16-14-20(4-2)15-17-21/h4,14-17H,2-3,5-13,18-19H2,1H3. The Kier molecular flexibility index (Phi) is 11.7. The van der Waals surface area contributed by atoms with Crippen LogP contribution in [0.4, 0.5) is 0 Å². The van der Waals surface area contributed by atoms with E-state index in [9.17, 15) is 0 Å². The lowest BCUT2D eigenvalue weighted by molar-refractivity contribution is 0.116. The maximum absolute atomic E-state index is 5.74. The first kappa shape index (κ1) is 19.0. The third-order valence-corrected chi connectivity index (χ3v) is 4.13. The van der Waals surface area contributed by atoms with Gasteiger partial charge in [-0.3, -0.25) is 0 Å². The molecule has 1 rings (SSSR count). The predicted molar refractivity (Wildman–Crippen MR) is 98.0 cm³/mol. The average molecular weight is 303 g/mol. The highest BCUT2D eigenvalue weighted by molar-refractivity contribution is 5.47. The minimum atomic E-state index is 0.731. The summed E-state index contributed by atoms with van der Waals surface area (Å²) in [6.07, 6.45) is 15.6. The molecule has 0 saturated carbocycles. The second-order valence-corrected chi connectivity index (χ2v) is 6.18. The van der Waals surface area contributed by atoms with E-state index < -0.39 is 0 Å². The Hall–Kier alpha value is -1.08. The minimum Gasteiger partial charge on any atom is -0.377 e. The van der Waals surface area contributed by atoms with Gasteiger partial charge in [0.15, 0.2) is 0 Å². The molecular weight excluding hydrogens is 268 g/mol. The van der Waals surface area contributed by atoms with Crippen molar-refractivity contribution in [1.29, 1.82) is 0 Å². The van der Waals surface area contributed by atoms with Crippen LogP contribution in [-0.4, -0.2) is 6.61 Å². The summed E-state index contributed by atoms with van der Waals surface area (Å²) in [5.41, 5.74) is 2.41. The lowest BCUT2D eigenvalue weighted by atomic mass is 10.1. The zero-order chi connectivity index (χ0) is 15.9. The zero-order valence-corrected chi connectivity index (χ0v) is 14.5. The normalized spacial score (nSPS) is 10.8. The topological polar surface area (TPSA) is 9.23 Å². The molecule has 0 aliphatic rings. The molecule has 1 heteroatoms. The summed E-state index contributed by atoms with van der Waals surface area (Å²) >= 11 is 0. The Morgan fingerprint density at radius 1 is 0.818 bits per heavy atom. The van der Waals surface area contributed by atoms with Crippen LogP contribution in [0.5, 0.6) is 0 Å². The van der Waals surface area contributed by atoms with Crippen LogP contribution in [0, 0.1) is 0 Å². The molecule has 1 aromatic rings. The van der Waals surface area contributed by atoms with Crippen LogP contribution in [0.2, 0.25) is 0 Å². The van der Waals surface area contributed by atoms with Crippen molar-refractivity contribution in [3.63, 3.8) is 0 Å². The second kappa shape index (κ2) is 13.6. The first-order chi connectivity index (χ1) is 10.9. The van der Waals surface area contributed by atoms with Crippen LogP contribution in [0.3, 0.4) is 0 Å². The summed E-state index contributed by atoms with van der Waals surface area (Å²) in [7, 11) is 0. The predicted octanol–water partition coefficient (Wildman–Crippen LogP) is 6.77. The highest BCUT2D eigenvalue weighted by atomic mass is 16.5. The first-order valence-corrected chi connectivity index (χ1v) is 9.16. The van der Waals surface area contributed by atoms with Gasteiger partial charge in [-0.2, -0.15) is 0 Å². The van der Waals surface area contributed by atoms with Gasteiger partial charge < -0.3 is 4.74 Å². The van der Waals surface area contributed by atoms with Crippen molar-refractivity contribution in [3.05, 3.63) is 42.0 Å². The molecule has 0 atom stereocenters. The van der Waals surface area contributed by atoms with Crippen molar-refractivity contribution in [2.45, 2.75) is 77.7 Å². The van der Waals surface area contributed by atoms with Crippen LogP contribution in [0.15, 0.2) is 30.8 Å². The number of rotatable bonds is 14. The smallest absolute Gasteiger partial charge is 0.0716 e. The van der Waals surface area contributed by atoms with Crippen molar-refractivity contribution >= 4 is 6.08 Å². The highest BCUT2D eigenvalue weighted by Gasteiger charge is 1.95. The molecule has 0 spiro atoms. The lowest BCUT2D eigenvalue weighted by Gasteiger charge is -2.05. The molecule has 124 valence electrons. The van der Waals surface area contributed by atoms with Gasteiger partial charge in [-0.1, -0.05) is 102 Å². The highest BCUT2D eigenvalue weighted by Crippen LogP contribution is 2.11. The zero-order valence-electron chi connectivity index (χ0n) is 14.5. The fourth-order valence-electron chi connectivity index (χ4n) is 2.63. The third kappa shape index (κ3) is 9.78.